The lowest BCUT2D eigenvalue weighted by Crippen LogP contribution is -2.30. The molecule has 0 saturated carbocycles. The van der Waals surface area contributed by atoms with Crippen LogP contribution in [0.3, 0.4) is 0 Å². The van der Waals surface area contributed by atoms with E-state index in [1.54, 1.807) is 11.8 Å². The fourth-order valence-electron chi connectivity index (χ4n) is 6.39. The standard InChI is InChI=1S/C39H25N4OPS/c44-45(28-18-8-3-9-19-28)33-22-12-13-23-35(33)46-36-24-30-29-20-10-11-21-31(29)43(32(30)25-34(36)45)39-41-37(26-14-4-1-5-15-26)40-38(42-39)27-16-6-2-7-17-27/h1-25H. The second-order valence-electron chi connectivity index (χ2n) is 11.2. The molecule has 3 heterocycles. The summed E-state index contributed by atoms with van der Waals surface area (Å²) in [7, 11) is -3.21. The third-order valence-corrected chi connectivity index (χ3v) is 13.1. The molecule has 218 valence electrons. The van der Waals surface area contributed by atoms with E-state index in [2.05, 4.69) is 41.0 Å². The molecule has 1 aliphatic rings. The van der Waals surface area contributed by atoms with Gasteiger partial charge in [-0.25, -0.2) is 4.98 Å². The minimum Gasteiger partial charge on any atom is -0.309 e. The Morgan fingerprint density at radius 1 is 0.500 bits per heavy atom. The third kappa shape index (κ3) is 4.18. The molecule has 7 heteroatoms. The molecular formula is C39H25N4OPS. The molecule has 1 aliphatic heterocycles. The topological polar surface area (TPSA) is 60.7 Å². The van der Waals surface area contributed by atoms with Gasteiger partial charge in [0.15, 0.2) is 18.8 Å². The Kier molecular flexibility index (Phi) is 6.27. The number of aromatic nitrogens is 4. The highest BCUT2D eigenvalue weighted by Crippen LogP contribution is 2.53. The Morgan fingerprint density at radius 3 is 1.78 bits per heavy atom. The maximum Gasteiger partial charge on any atom is 0.238 e. The van der Waals surface area contributed by atoms with Crippen LogP contribution in [0, 0.1) is 0 Å². The van der Waals surface area contributed by atoms with Crippen molar-refractivity contribution in [1.29, 1.82) is 0 Å². The SMILES string of the molecule is O=P1(c2ccccc2)c2ccccc2Sc2cc3c4ccccc4n(-c4nc(-c5ccccc5)nc(-c5ccccc5)n4)c3cc21. The molecule has 0 N–H and O–H groups in total. The number of hydrogen-bond donors (Lipinski definition) is 0. The number of hydrogen-bond acceptors (Lipinski definition) is 5. The number of nitrogens with zero attached hydrogens (tertiary/aromatic N) is 4. The minimum absolute atomic E-state index is 0.511. The molecule has 5 nitrogen and oxygen atoms in total. The number of para-hydroxylation sites is 1. The summed E-state index contributed by atoms with van der Waals surface area (Å²) in [5.74, 6) is 1.69. The summed E-state index contributed by atoms with van der Waals surface area (Å²) >= 11 is 1.68. The van der Waals surface area contributed by atoms with Crippen molar-refractivity contribution < 1.29 is 4.57 Å². The van der Waals surface area contributed by atoms with Crippen LogP contribution in [-0.2, 0) is 4.57 Å². The summed E-state index contributed by atoms with van der Waals surface area (Å²) in [6.45, 7) is 0. The van der Waals surface area contributed by atoms with E-state index in [1.165, 1.54) is 0 Å². The number of fused-ring (bicyclic) bond motifs is 5. The van der Waals surface area contributed by atoms with Gasteiger partial charge in [0.05, 0.1) is 11.0 Å². The molecule has 0 amide bonds. The monoisotopic (exact) mass is 628 g/mol. The Bertz CT molecular complexity index is 2420. The molecular weight excluding hydrogens is 603 g/mol. The van der Waals surface area contributed by atoms with Crippen LogP contribution in [0.2, 0.25) is 0 Å². The van der Waals surface area contributed by atoms with E-state index < -0.39 is 7.14 Å². The molecule has 46 heavy (non-hydrogen) atoms. The fraction of sp³-hybridized carbons (Fsp3) is 0. The van der Waals surface area contributed by atoms with Crippen LogP contribution in [0.5, 0.6) is 0 Å². The quantitative estimate of drug-likeness (QED) is 0.183. The number of benzene rings is 6. The summed E-state index contributed by atoms with van der Waals surface area (Å²) < 4.78 is 17.7. The Hall–Kier alpha value is -5.29. The van der Waals surface area contributed by atoms with Crippen molar-refractivity contribution in [1.82, 2.24) is 19.5 Å². The highest BCUT2D eigenvalue weighted by Gasteiger charge is 2.38. The van der Waals surface area contributed by atoms with E-state index in [0.717, 1.165) is 58.6 Å². The van der Waals surface area contributed by atoms with Gasteiger partial charge in [-0.05, 0) is 30.3 Å². The maximum atomic E-state index is 15.6. The predicted molar refractivity (Wildman–Crippen MR) is 189 cm³/mol. The molecule has 0 aliphatic carbocycles. The largest absolute Gasteiger partial charge is 0.309 e. The number of rotatable bonds is 4. The molecule has 8 aromatic rings. The second kappa shape index (κ2) is 10.7. The molecule has 0 fully saturated rings. The van der Waals surface area contributed by atoms with Gasteiger partial charge in [0.1, 0.15) is 0 Å². The van der Waals surface area contributed by atoms with Crippen molar-refractivity contribution in [3.63, 3.8) is 0 Å². The van der Waals surface area contributed by atoms with Crippen molar-refractivity contribution >= 4 is 56.6 Å². The summed E-state index contributed by atoms with van der Waals surface area (Å²) in [5, 5.41) is 4.67. The van der Waals surface area contributed by atoms with Gasteiger partial charge in [-0.3, -0.25) is 4.57 Å². The molecule has 2 aromatic heterocycles. The zero-order valence-electron chi connectivity index (χ0n) is 24.5. The van der Waals surface area contributed by atoms with Gasteiger partial charge in [0.25, 0.3) is 0 Å². The van der Waals surface area contributed by atoms with Crippen LogP contribution in [-0.4, -0.2) is 19.5 Å². The van der Waals surface area contributed by atoms with Crippen molar-refractivity contribution in [3.8, 4) is 28.7 Å². The van der Waals surface area contributed by atoms with Gasteiger partial charge in [-0.15, -0.1) is 0 Å². The van der Waals surface area contributed by atoms with Gasteiger partial charge < -0.3 is 4.57 Å². The molecule has 1 atom stereocenters. The summed E-state index contributed by atoms with van der Waals surface area (Å²) in [5.41, 5.74) is 3.69. The first-order chi connectivity index (χ1) is 22.7. The average Bonchev–Trinajstić information content (AvgIpc) is 3.45. The van der Waals surface area contributed by atoms with E-state index in [1.807, 2.05) is 115 Å². The average molecular weight is 629 g/mol. The van der Waals surface area contributed by atoms with Gasteiger partial charge in [-0.1, -0.05) is 133 Å². The lowest BCUT2D eigenvalue weighted by Gasteiger charge is -2.29. The van der Waals surface area contributed by atoms with Crippen molar-refractivity contribution in [3.05, 3.63) is 152 Å². The fourth-order valence-corrected chi connectivity index (χ4v) is 11.1. The van der Waals surface area contributed by atoms with Gasteiger partial charge in [0, 0.05) is 47.6 Å². The van der Waals surface area contributed by atoms with Gasteiger partial charge >= 0.3 is 0 Å². The van der Waals surface area contributed by atoms with Crippen LogP contribution >= 0.6 is 18.9 Å². The lowest BCUT2D eigenvalue weighted by atomic mass is 10.1. The van der Waals surface area contributed by atoms with E-state index in [4.69, 9.17) is 15.0 Å². The maximum absolute atomic E-state index is 15.6. The third-order valence-electron chi connectivity index (χ3n) is 8.52. The van der Waals surface area contributed by atoms with Gasteiger partial charge in [-0.2, -0.15) is 9.97 Å². The van der Waals surface area contributed by atoms with Crippen LogP contribution in [0.4, 0.5) is 0 Å². The van der Waals surface area contributed by atoms with Crippen molar-refractivity contribution in [2.45, 2.75) is 9.79 Å². The molecule has 0 bridgehead atoms. The second-order valence-corrected chi connectivity index (χ2v) is 15.0. The first-order valence-electron chi connectivity index (χ1n) is 15.1. The Labute approximate surface area is 270 Å². The summed E-state index contributed by atoms with van der Waals surface area (Å²) in [6.07, 6.45) is 0. The first-order valence-corrected chi connectivity index (χ1v) is 17.6. The van der Waals surface area contributed by atoms with E-state index in [0.29, 0.717) is 17.6 Å². The molecule has 0 spiro atoms. The van der Waals surface area contributed by atoms with Crippen molar-refractivity contribution in [2.75, 3.05) is 0 Å². The van der Waals surface area contributed by atoms with Gasteiger partial charge in [0.2, 0.25) is 5.95 Å². The molecule has 6 aromatic carbocycles. The molecule has 0 saturated heterocycles. The summed E-state index contributed by atoms with van der Waals surface area (Å²) in [4.78, 5) is 17.1. The molecule has 9 rings (SSSR count). The zero-order chi connectivity index (χ0) is 30.7. The van der Waals surface area contributed by atoms with Crippen LogP contribution in [0.25, 0.3) is 50.5 Å². The Balaban J connectivity index is 1.37. The highest BCUT2D eigenvalue weighted by molar-refractivity contribution is 8.02. The summed E-state index contributed by atoms with van der Waals surface area (Å²) in [6, 6.07) is 50.6. The van der Waals surface area contributed by atoms with E-state index in [-0.39, 0.29) is 0 Å². The van der Waals surface area contributed by atoms with Crippen LogP contribution in [0.15, 0.2) is 161 Å². The smallest absolute Gasteiger partial charge is 0.238 e. The van der Waals surface area contributed by atoms with Crippen LogP contribution < -0.4 is 15.9 Å². The highest BCUT2D eigenvalue weighted by atomic mass is 32.2. The lowest BCUT2D eigenvalue weighted by molar-refractivity contribution is 0.591. The zero-order valence-corrected chi connectivity index (χ0v) is 26.2. The first kappa shape index (κ1) is 27.1. The minimum atomic E-state index is -3.21. The van der Waals surface area contributed by atoms with E-state index in [9.17, 15) is 0 Å². The Morgan fingerprint density at radius 2 is 1.09 bits per heavy atom. The van der Waals surface area contributed by atoms with E-state index >= 15 is 4.57 Å². The van der Waals surface area contributed by atoms with Crippen molar-refractivity contribution in [2.24, 2.45) is 0 Å². The normalized spacial score (nSPS) is 15.5. The molecule has 0 radical (unpaired) electrons. The molecule has 1 unspecified atom stereocenters. The predicted octanol–water partition coefficient (Wildman–Crippen LogP) is 8.41. The van der Waals surface area contributed by atoms with Crippen LogP contribution in [0.1, 0.15) is 0 Å².